The van der Waals surface area contributed by atoms with Gasteiger partial charge in [-0.25, -0.2) is 4.68 Å². The maximum atomic E-state index is 5.76. The van der Waals surface area contributed by atoms with Gasteiger partial charge in [-0.15, -0.1) is 0 Å². The Hall–Kier alpha value is -1.03. The first-order valence-corrected chi connectivity index (χ1v) is 3.90. The van der Waals surface area contributed by atoms with E-state index in [0.29, 0.717) is 0 Å². The summed E-state index contributed by atoms with van der Waals surface area (Å²) in [7, 11) is 0. The predicted molar refractivity (Wildman–Crippen MR) is 43.1 cm³/mol. The lowest BCUT2D eigenvalue weighted by molar-refractivity contribution is 0.567. The van der Waals surface area contributed by atoms with Crippen molar-refractivity contribution in [2.75, 3.05) is 5.32 Å². The van der Waals surface area contributed by atoms with Gasteiger partial charge in [-0.1, -0.05) is 0 Å². The summed E-state index contributed by atoms with van der Waals surface area (Å²) in [6.07, 6.45) is 4.00. The average molecular weight is 152 g/mol. The lowest BCUT2D eigenvalue weighted by Crippen LogP contribution is -2.28. The number of hydrogen-bond donors (Lipinski definition) is 2. The maximum absolute atomic E-state index is 5.76. The molecule has 0 saturated heterocycles. The van der Waals surface area contributed by atoms with Crippen LogP contribution in [0.15, 0.2) is 12.3 Å². The summed E-state index contributed by atoms with van der Waals surface area (Å²) in [6.45, 7) is 0.975. The van der Waals surface area contributed by atoms with Crippen molar-refractivity contribution in [2.24, 2.45) is 5.73 Å². The lowest BCUT2D eigenvalue weighted by Gasteiger charge is -2.09. The molecule has 2 heterocycles. The Morgan fingerprint density at radius 2 is 2.64 bits per heavy atom. The largest absolute Gasteiger partial charge is 0.355 e. The van der Waals surface area contributed by atoms with Crippen LogP contribution in [-0.2, 0) is 6.54 Å². The van der Waals surface area contributed by atoms with Gasteiger partial charge in [-0.05, 0) is 12.8 Å². The average Bonchev–Trinajstić information content (AvgIpc) is 2.31. The fourth-order valence-electron chi connectivity index (χ4n) is 1.36. The number of aryl methyl sites for hydroxylation is 1. The minimum Gasteiger partial charge on any atom is -0.355 e. The van der Waals surface area contributed by atoms with E-state index in [4.69, 9.17) is 5.73 Å². The Kier molecular flexibility index (Phi) is 1.54. The molecule has 0 aliphatic carbocycles. The van der Waals surface area contributed by atoms with E-state index in [1.165, 1.54) is 0 Å². The first kappa shape index (κ1) is 6.67. The molecular weight excluding hydrogens is 140 g/mol. The van der Waals surface area contributed by atoms with Crippen LogP contribution >= 0.6 is 0 Å². The van der Waals surface area contributed by atoms with Crippen molar-refractivity contribution in [3.8, 4) is 0 Å². The maximum Gasteiger partial charge on any atom is 0.125 e. The first-order chi connectivity index (χ1) is 5.36. The number of nitrogens with zero attached hydrogens (tertiary/aromatic N) is 2. The molecule has 1 aliphatic heterocycles. The minimum atomic E-state index is 0.0907. The first-order valence-electron chi connectivity index (χ1n) is 3.90. The van der Waals surface area contributed by atoms with E-state index >= 15 is 0 Å². The molecule has 0 fully saturated rings. The van der Waals surface area contributed by atoms with Crippen LogP contribution in [0.4, 0.5) is 5.82 Å². The normalized spacial score (nSPS) is 23.5. The van der Waals surface area contributed by atoms with E-state index in [9.17, 15) is 0 Å². The Balaban J connectivity index is 2.26. The molecule has 0 saturated carbocycles. The second kappa shape index (κ2) is 2.54. The molecule has 1 unspecified atom stereocenters. The predicted octanol–water partition coefficient (Wildman–Crippen LogP) is 0.374. The van der Waals surface area contributed by atoms with E-state index < -0.39 is 0 Å². The van der Waals surface area contributed by atoms with Gasteiger partial charge in [0, 0.05) is 12.6 Å². The lowest BCUT2D eigenvalue weighted by atomic mass is 10.3. The van der Waals surface area contributed by atoms with E-state index in [1.54, 1.807) is 6.20 Å². The van der Waals surface area contributed by atoms with Crippen molar-refractivity contribution in [3.05, 3.63) is 12.3 Å². The minimum absolute atomic E-state index is 0.0907. The van der Waals surface area contributed by atoms with Gasteiger partial charge in [-0.3, -0.25) is 0 Å². The molecule has 3 N–H and O–H groups in total. The molecule has 4 heteroatoms. The van der Waals surface area contributed by atoms with Crippen LogP contribution in [0, 0.1) is 0 Å². The Morgan fingerprint density at radius 3 is 3.55 bits per heavy atom. The van der Waals surface area contributed by atoms with Crippen molar-refractivity contribution >= 4 is 5.82 Å². The van der Waals surface area contributed by atoms with Crippen LogP contribution in [0.5, 0.6) is 0 Å². The van der Waals surface area contributed by atoms with Gasteiger partial charge in [0.15, 0.2) is 0 Å². The Bertz CT molecular complexity index is 242. The summed E-state index contributed by atoms with van der Waals surface area (Å²) >= 11 is 0. The highest BCUT2D eigenvalue weighted by atomic mass is 15.3. The molecule has 11 heavy (non-hydrogen) atoms. The fraction of sp³-hybridized carbons (Fsp3) is 0.571. The zero-order valence-corrected chi connectivity index (χ0v) is 6.33. The summed E-state index contributed by atoms with van der Waals surface area (Å²) < 4.78 is 1.95. The van der Waals surface area contributed by atoms with E-state index in [1.807, 2.05) is 10.7 Å². The molecular formula is C7H12N4. The molecule has 1 aromatic heterocycles. The molecule has 0 aromatic carbocycles. The van der Waals surface area contributed by atoms with Gasteiger partial charge in [0.25, 0.3) is 0 Å². The number of fused-ring (bicyclic) bond motifs is 1. The summed E-state index contributed by atoms with van der Waals surface area (Å²) in [5.41, 5.74) is 5.76. The van der Waals surface area contributed by atoms with E-state index in [0.717, 1.165) is 25.2 Å². The quantitative estimate of drug-likeness (QED) is 0.565. The van der Waals surface area contributed by atoms with Crippen molar-refractivity contribution in [3.63, 3.8) is 0 Å². The van der Waals surface area contributed by atoms with Crippen molar-refractivity contribution in [1.29, 1.82) is 0 Å². The fourth-order valence-corrected chi connectivity index (χ4v) is 1.36. The SMILES string of the molecule is NC1CCCn2nccc2N1. The molecule has 1 aromatic rings. The third kappa shape index (κ3) is 1.21. The monoisotopic (exact) mass is 152 g/mol. The summed E-state index contributed by atoms with van der Waals surface area (Å²) in [6, 6.07) is 1.95. The molecule has 0 radical (unpaired) electrons. The van der Waals surface area contributed by atoms with Crippen LogP contribution in [0.3, 0.4) is 0 Å². The number of aromatic nitrogens is 2. The van der Waals surface area contributed by atoms with Crippen LogP contribution in [0.25, 0.3) is 0 Å². The summed E-state index contributed by atoms with van der Waals surface area (Å²) in [4.78, 5) is 0. The number of nitrogens with one attached hydrogen (secondary N) is 1. The number of anilines is 1. The van der Waals surface area contributed by atoms with Gasteiger partial charge in [0.2, 0.25) is 0 Å². The van der Waals surface area contributed by atoms with Crippen LogP contribution < -0.4 is 11.1 Å². The molecule has 4 nitrogen and oxygen atoms in total. The molecule has 0 amide bonds. The zero-order valence-electron chi connectivity index (χ0n) is 6.33. The van der Waals surface area contributed by atoms with Gasteiger partial charge in [0.1, 0.15) is 5.82 Å². The van der Waals surface area contributed by atoms with Gasteiger partial charge in [0.05, 0.1) is 12.4 Å². The van der Waals surface area contributed by atoms with Crippen molar-refractivity contribution in [1.82, 2.24) is 9.78 Å². The Labute approximate surface area is 65.4 Å². The van der Waals surface area contributed by atoms with E-state index in [2.05, 4.69) is 10.4 Å². The number of nitrogens with two attached hydrogens (primary N) is 1. The van der Waals surface area contributed by atoms with Gasteiger partial charge >= 0.3 is 0 Å². The highest BCUT2D eigenvalue weighted by Gasteiger charge is 2.10. The smallest absolute Gasteiger partial charge is 0.125 e. The Morgan fingerprint density at radius 1 is 1.73 bits per heavy atom. The van der Waals surface area contributed by atoms with E-state index in [-0.39, 0.29) is 6.17 Å². The molecule has 0 bridgehead atoms. The number of rotatable bonds is 0. The van der Waals surface area contributed by atoms with Gasteiger partial charge < -0.3 is 11.1 Å². The third-order valence-electron chi connectivity index (χ3n) is 1.93. The molecule has 60 valence electrons. The topological polar surface area (TPSA) is 55.9 Å². The molecule has 0 spiro atoms. The summed E-state index contributed by atoms with van der Waals surface area (Å²) in [5.74, 6) is 1.04. The van der Waals surface area contributed by atoms with Crippen LogP contribution in [0.1, 0.15) is 12.8 Å². The number of hydrogen-bond acceptors (Lipinski definition) is 3. The standard InChI is InChI=1S/C7H12N4/c8-6-2-1-5-11-7(10-6)3-4-9-11/h3-4,6,10H,1-2,5,8H2. The highest BCUT2D eigenvalue weighted by Crippen LogP contribution is 2.13. The van der Waals surface area contributed by atoms with Crippen LogP contribution in [0.2, 0.25) is 0 Å². The summed E-state index contributed by atoms with van der Waals surface area (Å²) in [5, 5.41) is 7.33. The molecule has 1 atom stereocenters. The second-order valence-corrected chi connectivity index (χ2v) is 2.83. The highest BCUT2D eigenvalue weighted by molar-refractivity contribution is 5.35. The van der Waals surface area contributed by atoms with Crippen molar-refractivity contribution < 1.29 is 0 Å². The van der Waals surface area contributed by atoms with Crippen LogP contribution in [-0.4, -0.2) is 15.9 Å². The van der Waals surface area contributed by atoms with Crippen molar-refractivity contribution in [2.45, 2.75) is 25.6 Å². The van der Waals surface area contributed by atoms with Gasteiger partial charge in [-0.2, -0.15) is 5.10 Å². The zero-order chi connectivity index (χ0) is 7.68. The molecule has 2 rings (SSSR count). The second-order valence-electron chi connectivity index (χ2n) is 2.83. The molecule has 1 aliphatic rings. The third-order valence-corrected chi connectivity index (χ3v) is 1.93.